The van der Waals surface area contributed by atoms with Gasteiger partial charge in [0, 0.05) is 27.8 Å². The maximum atomic E-state index is 14.0. The first kappa shape index (κ1) is 19.7. The van der Waals surface area contributed by atoms with Gasteiger partial charge in [-0.1, -0.05) is 39.7 Å². The summed E-state index contributed by atoms with van der Waals surface area (Å²) in [5.74, 6) is 0.322. The fourth-order valence-corrected chi connectivity index (χ4v) is 3.32. The second-order valence-corrected chi connectivity index (χ2v) is 7.72. The average molecular weight is 449 g/mol. The first-order chi connectivity index (χ1) is 12.9. The van der Waals surface area contributed by atoms with Gasteiger partial charge in [-0.05, 0) is 67.4 Å². The molecule has 0 fully saturated rings. The third kappa shape index (κ3) is 5.02. The number of anilines is 1. The lowest BCUT2D eigenvalue weighted by molar-refractivity contribution is 0.297. The normalized spacial score (nSPS) is 10.7. The van der Waals surface area contributed by atoms with E-state index in [-0.39, 0.29) is 12.4 Å². The van der Waals surface area contributed by atoms with Crippen molar-refractivity contribution in [3.05, 3.63) is 92.2 Å². The van der Waals surface area contributed by atoms with Crippen molar-refractivity contribution in [1.29, 1.82) is 0 Å². The van der Waals surface area contributed by atoms with Gasteiger partial charge in [0.2, 0.25) is 0 Å². The number of ether oxygens (including phenoxy) is 1. The highest BCUT2D eigenvalue weighted by Gasteiger charge is 2.10. The molecule has 3 aromatic rings. The van der Waals surface area contributed by atoms with Crippen molar-refractivity contribution < 1.29 is 9.13 Å². The predicted octanol–water partition coefficient (Wildman–Crippen LogP) is 7.05. The highest BCUT2D eigenvalue weighted by atomic mass is 79.9. The van der Waals surface area contributed by atoms with E-state index in [2.05, 4.69) is 53.3 Å². The fraction of sp³-hybridized carbons (Fsp3) is 0.182. The zero-order chi connectivity index (χ0) is 19.4. The molecule has 27 heavy (non-hydrogen) atoms. The van der Waals surface area contributed by atoms with Crippen molar-refractivity contribution in [2.75, 3.05) is 5.32 Å². The van der Waals surface area contributed by atoms with E-state index in [1.165, 1.54) is 17.2 Å². The molecule has 1 N–H and O–H groups in total. The van der Waals surface area contributed by atoms with Crippen LogP contribution in [-0.4, -0.2) is 0 Å². The molecule has 0 radical (unpaired) electrons. The third-order valence-electron chi connectivity index (χ3n) is 4.45. The van der Waals surface area contributed by atoms with Gasteiger partial charge in [-0.3, -0.25) is 0 Å². The minimum absolute atomic E-state index is 0.0732. The number of rotatable bonds is 6. The summed E-state index contributed by atoms with van der Waals surface area (Å²) in [6, 6.07) is 16.7. The number of halogens is 3. The zero-order valence-corrected chi connectivity index (χ0v) is 17.5. The van der Waals surface area contributed by atoms with E-state index in [9.17, 15) is 4.39 Å². The van der Waals surface area contributed by atoms with Crippen LogP contribution in [0.15, 0.2) is 59.1 Å². The van der Waals surface area contributed by atoms with E-state index in [4.69, 9.17) is 16.3 Å². The Morgan fingerprint density at radius 2 is 1.85 bits per heavy atom. The lowest BCUT2D eigenvalue weighted by atomic mass is 10.1. The lowest BCUT2D eigenvalue weighted by Gasteiger charge is -2.15. The van der Waals surface area contributed by atoms with Gasteiger partial charge in [-0.25, -0.2) is 4.39 Å². The van der Waals surface area contributed by atoms with Crippen LogP contribution in [0.1, 0.15) is 22.3 Å². The van der Waals surface area contributed by atoms with E-state index in [0.29, 0.717) is 22.9 Å². The maximum absolute atomic E-state index is 14.0. The highest BCUT2D eigenvalue weighted by Crippen LogP contribution is 2.27. The van der Waals surface area contributed by atoms with Gasteiger partial charge in [-0.15, -0.1) is 0 Å². The number of nitrogens with one attached hydrogen (secondary N) is 1. The molecule has 0 saturated heterocycles. The standard InChI is InChI=1S/C22H20BrClFNO/c1-14-6-8-18(10-15(14)2)26-12-16-11-17(23)7-9-22(16)27-13-19-20(24)4-3-5-21(19)25/h3-11,26H,12-13H2,1-2H3. The molecule has 0 aromatic heterocycles. The van der Waals surface area contributed by atoms with Gasteiger partial charge in [0.25, 0.3) is 0 Å². The molecule has 0 heterocycles. The molecule has 0 unspecified atom stereocenters. The summed E-state index contributed by atoms with van der Waals surface area (Å²) < 4.78 is 20.8. The van der Waals surface area contributed by atoms with E-state index in [1.54, 1.807) is 12.1 Å². The molecule has 0 bridgehead atoms. The van der Waals surface area contributed by atoms with Crippen LogP contribution < -0.4 is 10.1 Å². The average Bonchev–Trinajstić information content (AvgIpc) is 2.63. The SMILES string of the molecule is Cc1ccc(NCc2cc(Br)ccc2OCc2c(F)cccc2Cl)cc1C. The number of aryl methyl sites for hydroxylation is 2. The minimum atomic E-state index is -0.366. The molecule has 0 aliphatic heterocycles. The van der Waals surface area contributed by atoms with Crippen molar-refractivity contribution >= 4 is 33.2 Å². The van der Waals surface area contributed by atoms with Gasteiger partial charge < -0.3 is 10.1 Å². The third-order valence-corrected chi connectivity index (χ3v) is 5.29. The van der Waals surface area contributed by atoms with Crippen molar-refractivity contribution in [2.24, 2.45) is 0 Å². The van der Waals surface area contributed by atoms with Gasteiger partial charge in [0.05, 0.1) is 5.02 Å². The van der Waals surface area contributed by atoms with Crippen LogP contribution in [-0.2, 0) is 13.2 Å². The summed E-state index contributed by atoms with van der Waals surface area (Å²) >= 11 is 9.59. The Bertz CT molecular complexity index is 941. The molecule has 0 aliphatic rings. The number of benzene rings is 3. The lowest BCUT2D eigenvalue weighted by Crippen LogP contribution is -2.05. The predicted molar refractivity (Wildman–Crippen MR) is 113 cm³/mol. The Kier molecular flexibility index (Phi) is 6.40. The first-order valence-electron chi connectivity index (χ1n) is 8.59. The Balaban J connectivity index is 1.75. The van der Waals surface area contributed by atoms with Crippen LogP contribution in [0.25, 0.3) is 0 Å². The molecule has 140 valence electrons. The molecule has 0 amide bonds. The van der Waals surface area contributed by atoms with Gasteiger partial charge >= 0.3 is 0 Å². The number of hydrogen-bond donors (Lipinski definition) is 1. The molecular weight excluding hydrogens is 429 g/mol. The van der Waals surface area contributed by atoms with Crippen LogP contribution in [0.4, 0.5) is 10.1 Å². The summed E-state index contributed by atoms with van der Waals surface area (Å²) in [6.07, 6.45) is 0. The quantitative estimate of drug-likeness (QED) is 0.436. The highest BCUT2D eigenvalue weighted by molar-refractivity contribution is 9.10. The molecule has 3 aromatic carbocycles. The zero-order valence-electron chi connectivity index (χ0n) is 15.2. The van der Waals surface area contributed by atoms with Crippen LogP contribution in [0, 0.1) is 19.7 Å². The smallest absolute Gasteiger partial charge is 0.131 e. The Hall–Kier alpha value is -2.04. The van der Waals surface area contributed by atoms with Crippen LogP contribution >= 0.6 is 27.5 Å². The summed E-state index contributed by atoms with van der Waals surface area (Å²) in [5.41, 5.74) is 4.86. The largest absolute Gasteiger partial charge is 0.488 e. The monoisotopic (exact) mass is 447 g/mol. The summed E-state index contributed by atoms with van der Waals surface area (Å²) in [6.45, 7) is 4.84. The molecule has 5 heteroatoms. The van der Waals surface area contributed by atoms with Gasteiger partial charge in [0.15, 0.2) is 0 Å². The van der Waals surface area contributed by atoms with Crippen molar-refractivity contribution in [3.63, 3.8) is 0 Å². The molecule has 3 rings (SSSR count). The van der Waals surface area contributed by atoms with Crippen LogP contribution in [0.3, 0.4) is 0 Å². The van der Waals surface area contributed by atoms with Gasteiger partial charge in [0.1, 0.15) is 18.2 Å². The van der Waals surface area contributed by atoms with Crippen molar-refractivity contribution in [1.82, 2.24) is 0 Å². The Morgan fingerprint density at radius 1 is 1.04 bits per heavy atom. The van der Waals surface area contributed by atoms with Crippen LogP contribution in [0.5, 0.6) is 5.75 Å². The molecule has 0 spiro atoms. The topological polar surface area (TPSA) is 21.3 Å². The maximum Gasteiger partial charge on any atom is 0.131 e. The molecule has 0 saturated carbocycles. The Morgan fingerprint density at radius 3 is 2.59 bits per heavy atom. The van der Waals surface area contributed by atoms with E-state index in [0.717, 1.165) is 15.7 Å². The number of hydrogen-bond acceptors (Lipinski definition) is 2. The van der Waals surface area contributed by atoms with E-state index in [1.807, 2.05) is 18.2 Å². The van der Waals surface area contributed by atoms with Crippen molar-refractivity contribution in [3.8, 4) is 5.75 Å². The van der Waals surface area contributed by atoms with Crippen molar-refractivity contribution in [2.45, 2.75) is 27.0 Å². The summed E-state index contributed by atoms with van der Waals surface area (Å²) in [7, 11) is 0. The molecular formula is C22H20BrClFNO. The fourth-order valence-electron chi connectivity index (χ4n) is 2.70. The van der Waals surface area contributed by atoms with Gasteiger partial charge in [-0.2, -0.15) is 0 Å². The summed E-state index contributed by atoms with van der Waals surface area (Å²) in [5, 5.41) is 3.78. The Labute approximate surface area is 172 Å². The molecule has 0 atom stereocenters. The first-order valence-corrected chi connectivity index (χ1v) is 9.76. The molecule has 2 nitrogen and oxygen atoms in total. The minimum Gasteiger partial charge on any atom is -0.488 e. The van der Waals surface area contributed by atoms with E-state index >= 15 is 0 Å². The second kappa shape index (κ2) is 8.77. The summed E-state index contributed by atoms with van der Waals surface area (Å²) in [4.78, 5) is 0. The van der Waals surface area contributed by atoms with E-state index < -0.39 is 0 Å². The molecule has 0 aliphatic carbocycles. The second-order valence-electron chi connectivity index (χ2n) is 6.39. The van der Waals surface area contributed by atoms with Crippen LogP contribution in [0.2, 0.25) is 5.02 Å².